The van der Waals surface area contributed by atoms with Gasteiger partial charge < -0.3 is 9.64 Å². The van der Waals surface area contributed by atoms with Gasteiger partial charge in [0.1, 0.15) is 6.10 Å². The van der Waals surface area contributed by atoms with E-state index in [0.717, 1.165) is 51.1 Å². The van der Waals surface area contributed by atoms with Gasteiger partial charge in [0, 0.05) is 33.3 Å². The number of amides is 1. The molecule has 1 fully saturated rings. The lowest BCUT2D eigenvalue weighted by molar-refractivity contribution is -0.142. The Kier molecular flexibility index (Phi) is 8.03. The lowest BCUT2D eigenvalue weighted by atomic mass is 9.68. The molecule has 1 saturated heterocycles. The number of carbonyl (C=O) groups is 1. The molecule has 1 amide bonds. The standard InChI is InChI=1S/C23H35N3O2/c1-18(2)23(17-24,21-10-7-6-9-19(21)3)11-8-12-25-13-15-26(16-14-25)22(27)20(4)28-5/h6-7,9-10,18,20H,8,11-16H2,1-5H3. The largest absolute Gasteiger partial charge is 0.372 e. The van der Waals surface area contributed by atoms with Crippen LogP contribution in [0.4, 0.5) is 0 Å². The molecule has 0 bridgehead atoms. The van der Waals surface area contributed by atoms with Gasteiger partial charge in [-0.1, -0.05) is 38.1 Å². The van der Waals surface area contributed by atoms with E-state index in [2.05, 4.69) is 43.9 Å². The number of benzene rings is 1. The molecule has 1 aliphatic rings. The molecule has 5 heteroatoms. The van der Waals surface area contributed by atoms with E-state index in [0.29, 0.717) is 0 Å². The summed E-state index contributed by atoms with van der Waals surface area (Å²) in [5.74, 6) is 0.327. The van der Waals surface area contributed by atoms with Crippen molar-refractivity contribution in [1.82, 2.24) is 9.80 Å². The number of carbonyl (C=O) groups excluding carboxylic acids is 1. The zero-order chi connectivity index (χ0) is 20.7. The van der Waals surface area contributed by atoms with Crippen molar-refractivity contribution in [2.45, 2.75) is 52.1 Å². The second-order valence-corrected chi connectivity index (χ2v) is 8.20. The summed E-state index contributed by atoms with van der Waals surface area (Å²) in [5, 5.41) is 10.1. The van der Waals surface area contributed by atoms with Crippen LogP contribution in [0.1, 0.15) is 44.7 Å². The van der Waals surface area contributed by atoms with Gasteiger partial charge >= 0.3 is 0 Å². The fourth-order valence-corrected chi connectivity index (χ4v) is 4.18. The number of methoxy groups -OCH3 is 1. The molecule has 1 heterocycles. The average molecular weight is 386 g/mol. The Morgan fingerprint density at radius 1 is 1.21 bits per heavy atom. The van der Waals surface area contributed by atoms with Crippen molar-refractivity contribution >= 4 is 5.91 Å². The maximum atomic E-state index is 12.2. The molecule has 0 radical (unpaired) electrons. The van der Waals surface area contributed by atoms with Gasteiger partial charge in [0.2, 0.25) is 0 Å². The fraction of sp³-hybridized carbons (Fsp3) is 0.652. The molecule has 28 heavy (non-hydrogen) atoms. The number of aryl methyl sites for hydroxylation is 1. The third-order valence-corrected chi connectivity index (χ3v) is 6.24. The van der Waals surface area contributed by atoms with Gasteiger partial charge in [-0.2, -0.15) is 5.26 Å². The van der Waals surface area contributed by atoms with E-state index in [1.54, 1.807) is 14.0 Å². The van der Waals surface area contributed by atoms with Gasteiger partial charge in [-0.3, -0.25) is 9.69 Å². The van der Waals surface area contributed by atoms with E-state index >= 15 is 0 Å². The van der Waals surface area contributed by atoms with Crippen LogP contribution in [0.25, 0.3) is 0 Å². The van der Waals surface area contributed by atoms with Crippen molar-refractivity contribution in [3.63, 3.8) is 0 Å². The number of nitrogens with zero attached hydrogens (tertiary/aromatic N) is 3. The Labute approximate surface area is 170 Å². The molecule has 0 spiro atoms. The Morgan fingerprint density at radius 3 is 2.39 bits per heavy atom. The highest BCUT2D eigenvalue weighted by molar-refractivity contribution is 5.80. The van der Waals surface area contributed by atoms with Crippen LogP contribution < -0.4 is 0 Å². The molecule has 0 aromatic heterocycles. The quantitative estimate of drug-likeness (QED) is 0.688. The summed E-state index contributed by atoms with van der Waals surface area (Å²) in [4.78, 5) is 16.5. The number of piperazine rings is 1. The van der Waals surface area contributed by atoms with E-state index in [1.807, 2.05) is 17.0 Å². The fourth-order valence-electron chi connectivity index (χ4n) is 4.18. The van der Waals surface area contributed by atoms with Crippen LogP contribution in [0.2, 0.25) is 0 Å². The molecule has 2 atom stereocenters. The van der Waals surface area contributed by atoms with Crippen molar-refractivity contribution in [2.24, 2.45) is 5.92 Å². The normalized spacial score (nSPS) is 18.5. The molecule has 2 unspecified atom stereocenters. The summed E-state index contributed by atoms with van der Waals surface area (Å²) in [7, 11) is 1.57. The zero-order valence-corrected chi connectivity index (χ0v) is 18.1. The van der Waals surface area contributed by atoms with Crippen LogP contribution in [0.5, 0.6) is 0 Å². The van der Waals surface area contributed by atoms with Crippen LogP contribution in [0.15, 0.2) is 24.3 Å². The van der Waals surface area contributed by atoms with Gasteiger partial charge in [0.05, 0.1) is 11.5 Å². The molecule has 0 aliphatic carbocycles. The molecule has 2 rings (SSSR count). The van der Waals surface area contributed by atoms with E-state index in [-0.39, 0.29) is 17.9 Å². The van der Waals surface area contributed by atoms with Crippen molar-refractivity contribution < 1.29 is 9.53 Å². The third-order valence-electron chi connectivity index (χ3n) is 6.24. The number of hydrogen-bond donors (Lipinski definition) is 0. The summed E-state index contributed by atoms with van der Waals surface area (Å²) in [6.07, 6.45) is 1.46. The van der Waals surface area contributed by atoms with Crippen LogP contribution in [0, 0.1) is 24.2 Å². The molecule has 0 saturated carbocycles. The maximum Gasteiger partial charge on any atom is 0.251 e. The minimum atomic E-state index is -0.447. The predicted molar refractivity (Wildman–Crippen MR) is 112 cm³/mol. The van der Waals surface area contributed by atoms with Crippen LogP contribution in [-0.2, 0) is 14.9 Å². The molecule has 5 nitrogen and oxygen atoms in total. The van der Waals surface area contributed by atoms with Crippen LogP contribution >= 0.6 is 0 Å². The average Bonchev–Trinajstić information content (AvgIpc) is 2.71. The van der Waals surface area contributed by atoms with Gasteiger partial charge in [-0.05, 0) is 50.3 Å². The third kappa shape index (κ3) is 4.92. The van der Waals surface area contributed by atoms with E-state index < -0.39 is 5.41 Å². The summed E-state index contributed by atoms with van der Waals surface area (Å²) < 4.78 is 5.15. The van der Waals surface area contributed by atoms with Gasteiger partial charge in [0.15, 0.2) is 0 Å². The zero-order valence-electron chi connectivity index (χ0n) is 18.1. The lowest BCUT2D eigenvalue weighted by Crippen LogP contribution is -2.51. The highest BCUT2D eigenvalue weighted by atomic mass is 16.5. The van der Waals surface area contributed by atoms with E-state index in [9.17, 15) is 10.1 Å². The highest BCUT2D eigenvalue weighted by Crippen LogP contribution is 2.38. The van der Waals surface area contributed by atoms with Gasteiger partial charge in [-0.15, -0.1) is 0 Å². The Balaban J connectivity index is 1.93. The molecule has 1 aromatic rings. The first-order valence-corrected chi connectivity index (χ1v) is 10.4. The number of ether oxygens (including phenoxy) is 1. The molecular weight excluding hydrogens is 350 g/mol. The first-order chi connectivity index (χ1) is 13.4. The number of rotatable bonds is 8. The SMILES string of the molecule is COC(C)C(=O)N1CCN(CCCC(C#N)(c2ccccc2C)C(C)C)CC1. The summed E-state index contributed by atoms with van der Waals surface area (Å²) >= 11 is 0. The molecular formula is C23H35N3O2. The van der Waals surface area contributed by atoms with Crippen molar-refractivity contribution in [1.29, 1.82) is 5.26 Å². The Hall–Kier alpha value is -1.90. The topological polar surface area (TPSA) is 56.6 Å². The molecule has 1 aromatic carbocycles. The van der Waals surface area contributed by atoms with Gasteiger partial charge in [-0.25, -0.2) is 0 Å². The second kappa shape index (κ2) is 10.0. The first-order valence-electron chi connectivity index (χ1n) is 10.4. The first kappa shape index (κ1) is 22.4. The highest BCUT2D eigenvalue weighted by Gasteiger charge is 2.36. The summed E-state index contributed by atoms with van der Waals surface area (Å²) in [6.45, 7) is 12.4. The smallest absolute Gasteiger partial charge is 0.251 e. The second-order valence-electron chi connectivity index (χ2n) is 8.20. The monoisotopic (exact) mass is 385 g/mol. The van der Waals surface area contributed by atoms with Gasteiger partial charge in [0.25, 0.3) is 5.91 Å². The predicted octanol–water partition coefficient (Wildman–Crippen LogP) is 3.37. The van der Waals surface area contributed by atoms with Crippen molar-refractivity contribution in [3.8, 4) is 6.07 Å². The molecule has 1 aliphatic heterocycles. The molecule has 0 N–H and O–H groups in total. The Bertz CT molecular complexity index is 689. The van der Waals surface area contributed by atoms with Crippen molar-refractivity contribution in [2.75, 3.05) is 39.8 Å². The van der Waals surface area contributed by atoms with E-state index in [1.165, 1.54) is 5.56 Å². The van der Waals surface area contributed by atoms with Crippen LogP contribution in [0.3, 0.4) is 0 Å². The van der Waals surface area contributed by atoms with Crippen molar-refractivity contribution in [3.05, 3.63) is 35.4 Å². The maximum absolute atomic E-state index is 12.2. The minimum Gasteiger partial charge on any atom is -0.372 e. The van der Waals surface area contributed by atoms with Crippen LogP contribution in [-0.4, -0.2) is 61.6 Å². The lowest BCUT2D eigenvalue weighted by Gasteiger charge is -2.37. The molecule has 154 valence electrons. The number of nitriles is 1. The summed E-state index contributed by atoms with van der Waals surface area (Å²) in [5.41, 5.74) is 1.91. The minimum absolute atomic E-state index is 0.0741. The summed E-state index contributed by atoms with van der Waals surface area (Å²) in [6, 6.07) is 10.9. The number of hydrogen-bond acceptors (Lipinski definition) is 4. The Morgan fingerprint density at radius 2 is 1.86 bits per heavy atom. The van der Waals surface area contributed by atoms with E-state index in [4.69, 9.17) is 4.74 Å².